The first-order valence-corrected chi connectivity index (χ1v) is 6.22. The third-order valence-electron chi connectivity index (χ3n) is 2.19. The fourth-order valence-corrected chi connectivity index (χ4v) is 2.02. The molecule has 8 heteroatoms. The number of nitrogens with one attached hydrogen (secondary N) is 1. The van der Waals surface area contributed by atoms with Gasteiger partial charge in [0, 0.05) is 0 Å². The normalized spacial score (nSPS) is 10.7. The van der Waals surface area contributed by atoms with Crippen molar-refractivity contribution < 1.29 is 28.6 Å². The van der Waals surface area contributed by atoms with Crippen molar-refractivity contribution in [3.8, 4) is 0 Å². The lowest BCUT2D eigenvalue weighted by atomic mass is 10.3. The largest absolute Gasteiger partial charge is 0.466 e. The van der Waals surface area contributed by atoms with Crippen LogP contribution in [0.3, 0.4) is 0 Å². The van der Waals surface area contributed by atoms with Crippen LogP contribution in [0.5, 0.6) is 0 Å². The van der Waals surface area contributed by atoms with Crippen molar-refractivity contribution in [3.05, 3.63) is 28.8 Å². The van der Waals surface area contributed by atoms with Crippen molar-refractivity contribution in [2.24, 2.45) is 0 Å². The lowest BCUT2D eigenvalue weighted by Crippen LogP contribution is -2.16. The fraction of sp³-hybridized carbons (Fsp3) is 0.250. The number of esters is 3. The van der Waals surface area contributed by atoms with Gasteiger partial charge in [-0.2, -0.15) is 0 Å². The Labute approximate surface area is 119 Å². The highest BCUT2D eigenvalue weighted by atomic mass is 32.1. The molecule has 1 aromatic heterocycles. The zero-order valence-corrected chi connectivity index (χ0v) is 11.9. The molecule has 0 amide bonds. The summed E-state index contributed by atoms with van der Waals surface area (Å²) < 4.78 is 13.6. The zero-order valence-electron chi connectivity index (χ0n) is 11.1. The second-order valence-electron chi connectivity index (χ2n) is 3.35. The standard InChI is InChI=1S/C12H13NO6S/c1-17-9(14)6-8(12(16)19-3)13-10-7(4-5-20-10)11(15)18-2/h4-6,13H,1-3H3/b8-6+. The SMILES string of the molecule is COC(=O)/C=C(/Nc1sccc1C(=O)OC)C(=O)OC. The van der Waals surface area contributed by atoms with Crippen LogP contribution in [-0.4, -0.2) is 39.2 Å². The van der Waals surface area contributed by atoms with Gasteiger partial charge in [0.05, 0.1) is 33.0 Å². The highest BCUT2D eigenvalue weighted by Crippen LogP contribution is 2.25. The lowest BCUT2D eigenvalue weighted by molar-refractivity contribution is -0.138. The predicted octanol–water partition coefficient (Wildman–Crippen LogP) is 1.18. The Morgan fingerprint density at radius 2 is 1.85 bits per heavy atom. The van der Waals surface area contributed by atoms with E-state index in [0.717, 1.165) is 6.08 Å². The monoisotopic (exact) mass is 299 g/mol. The first kappa shape index (κ1) is 15.7. The number of ether oxygens (including phenoxy) is 3. The molecule has 1 N–H and O–H groups in total. The van der Waals surface area contributed by atoms with Gasteiger partial charge in [-0.25, -0.2) is 14.4 Å². The molecule has 0 bridgehead atoms. The summed E-state index contributed by atoms with van der Waals surface area (Å²) in [6.07, 6.45) is 0.937. The number of methoxy groups -OCH3 is 3. The molecule has 7 nitrogen and oxygen atoms in total. The maximum atomic E-state index is 11.6. The Hall–Kier alpha value is -2.35. The molecule has 0 saturated heterocycles. The molecule has 0 fully saturated rings. The Kier molecular flexibility index (Phi) is 5.73. The maximum absolute atomic E-state index is 11.6. The van der Waals surface area contributed by atoms with Crippen LogP contribution >= 0.6 is 11.3 Å². The summed E-state index contributed by atoms with van der Waals surface area (Å²) in [5.74, 6) is -2.05. The van der Waals surface area contributed by atoms with Crippen LogP contribution in [0.25, 0.3) is 0 Å². The van der Waals surface area contributed by atoms with E-state index in [9.17, 15) is 14.4 Å². The van der Waals surface area contributed by atoms with Crippen molar-refractivity contribution in [1.29, 1.82) is 0 Å². The number of thiophene rings is 1. The van der Waals surface area contributed by atoms with Gasteiger partial charge in [-0.3, -0.25) is 0 Å². The number of anilines is 1. The number of hydrogen-bond acceptors (Lipinski definition) is 8. The van der Waals surface area contributed by atoms with Gasteiger partial charge in [0.25, 0.3) is 0 Å². The molecular formula is C12H13NO6S. The second-order valence-corrected chi connectivity index (χ2v) is 4.27. The van der Waals surface area contributed by atoms with Crippen LogP contribution in [0.1, 0.15) is 10.4 Å². The Morgan fingerprint density at radius 3 is 2.40 bits per heavy atom. The molecule has 20 heavy (non-hydrogen) atoms. The predicted molar refractivity (Wildman–Crippen MR) is 71.4 cm³/mol. The molecule has 1 heterocycles. The molecule has 0 spiro atoms. The van der Waals surface area contributed by atoms with E-state index in [1.165, 1.54) is 38.7 Å². The van der Waals surface area contributed by atoms with E-state index in [-0.39, 0.29) is 11.3 Å². The summed E-state index contributed by atoms with van der Waals surface area (Å²) in [5, 5.41) is 4.66. The van der Waals surface area contributed by atoms with Gasteiger partial charge in [-0.15, -0.1) is 11.3 Å². The van der Waals surface area contributed by atoms with Crippen LogP contribution < -0.4 is 5.32 Å². The van der Waals surface area contributed by atoms with Gasteiger partial charge in [0.2, 0.25) is 0 Å². The van der Waals surface area contributed by atoms with Gasteiger partial charge in [-0.05, 0) is 11.4 Å². The minimum absolute atomic E-state index is 0.146. The molecule has 0 atom stereocenters. The topological polar surface area (TPSA) is 90.9 Å². The minimum Gasteiger partial charge on any atom is -0.466 e. The van der Waals surface area contributed by atoms with E-state index in [4.69, 9.17) is 0 Å². The van der Waals surface area contributed by atoms with Gasteiger partial charge < -0.3 is 19.5 Å². The molecular weight excluding hydrogens is 286 g/mol. The maximum Gasteiger partial charge on any atom is 0.354 e. The van der Waals surface area contributed by atoms with E-state index in [0.29, 0.717) is 5.00 Å². The quantitative estimate of drug-likeness (QED) is 0.496. The molecule has 0 aliphatic rings. The van der Waals surface area contributed by atoms with Crippen molar-refractivity contribution in [3.63, 3.8) is 0 Å². The summed E-state index contributed by atoms with van der Waals surface area (Å²) in [4.78, 5) is 34.3. The molecule has 1 aromatic rings. The number of carbonyl (C=O) groups excluding carboxylic acids is 3. The van der Waals surface area contributed by atoms with E-state index in [1.54, 1.807) is 5.38 Å². The van der Waals surface area contributed by atoms with Gasteiger partial charge in [0.1, 0.15) is 10.7 Å². The third-order valence-corrected chi connectivity index (χ3v) is 3.02. The van der Waals surface area contributed by atoms with Crippen LogP contribution in [0, 0.1) is 0 Å². The number of hydrogen-bond donors (Lipinski definition) is 1. The van der Waals surface area contributed by atoms with Crippen molar-refractivity contribution in [1.82, 2.24) is 0 Å². The van der Waals surface area contributed by atoms with Gasteiger partial charge >= 0.3 is 17.9 Å². The first-order chi connectivity index (χ1) is 9.53. The first-order valence-electron chi connectivity index (χ1n) is 5.34. The Bertz CT molecular complexity index is 548. The van der Waals surface area contributed by atoms with E-state index in [2.05, 4.69) is 19.5 Å². The van der Waals surface area contributed by atoms with E-state index >= 15 is 0 Å². The molecule has 0 radical (unpaired) electrons. The average Bonchev–Trinajstić information content (AvgIpc) is 2.92. The minimum atomic E-state index is -0.764. The molecule has 0 unspecified atom stereocenters. The molecule has 0 saturated carbocycles. The summed E-state index contributed by atoms with van der Waals surface area (Å²) in [7, 11) is 3.60. The molecule has 0 aliphatic heterocycles. The number of rotatable bonds is 5. The molecule has 108 valence electrons. The van der Waals surface area contributed by atoms with Crippen molar-refractivity contribution in [2.45, 2.75) is 0 Å². The second kappa shape index (κ2) is 7.29. The highest BCUT2D eigenvalue weighted by Gasteiger charge is 2.18. The van der Waals surface area contributed by atoms with Crippen LogP contribution in [-0.2, 0) is 23.8 Å². The smallest absolute Gasteiger partial charge is 0.354 e. The van der Waals surface area contributed by atoms with Crippen molar-refractivity contribution >= 4 is 34.2 Å². The highest BCUT2D eigenvalue weighted by molar-refractivity contribution is 7.14. The fourth-order valence-electron chi connectivity index (χ4n) is 1.23. The summed E-state index contributed by atoms with van der Waals surface area (Å²) in [5.41, 5.74) is 0.101. The van der Waals surface area contributed by atoms with Crippen molar-refractivity contribution in [2.75, 3.05) is 26.6 Å². The van der Waals surface area contributed by atoms with Crippen LogP contribution in [0.2, 0.25) is 0 Å². The zero-order chi connectivity index (χ0) is 15.1. The molecule has 0 aliphatic carbocycles. The molecule has 1 rings (SSSR count). The Balaban J connectivity index is 3.05. The lowest BCUT2D eigenvalue weighted by Gasteiger charge is -2.08. The summed E-state index contributed by atoms with van der Waals surface area (Å²) in [6, 6.07) is 1.53. The summed E-state index contributed by atoms with van der Waals surface area (Å²) in [6.45, 7) is 0. The van der Waals surface area contributed by atoms with E-state index < -0.39 is 17.9 Å². The van der Waals surface area contributed by atoms with Gasteiger partial charge in [0.15, 0.2) is 0 Å². The summed E-state index contributed by atoms with van der Waals surface area (Å²) >= 11 is 1.17. The Morgan fingerprint density at radius 1 is 1.15 bits per heavy atom. The van der Waals surface area contributed by atoms with Gasteiger partial charge in [-0.1, -0.05) is 0 Å². The molecule has 0 aromatic carbocycles. The number of carbonyl (C=O) groups is 3. The average molecular weight is 299 g/mol. The third kappa shape index (κ3) is 3.82. The van der Waals surface area contributed by atoms with Crippen LogP contribution in [0.4, 0.5) is 5.00 Å². The van der Waals surface area contributed by atoms with E-state index in [1.807, 2.05) is 0 Å². The van der Waals surface area contributed by atoms with Crippen LogP contribution in [0.15, 0.2) is 23.2 Å².